The number of aromatic nitrogens is 4. The third-order valence-electron chi connectivity index (χ3n) is 5.75. The molecule has 2 aliphatic rings. The van der Waals surface area contributed by atoms with Crippen LogP contribution in [0.4, 0.5) is 4.79 Å². The third-order valence-corrected chi connectivity index (χ3v) is 5.75. The van der Waals surface area contributed by atoms with Crippen LogP contribution in [0.1, 0.15) is 28.9 Å². The molecule has 30 heavy (non-hydrogen) atoms. The molecule has 2 aliphatic heterocycles. The van der Waals surface area contributed by atoms with Gasteiger partial charge in [0, 0.05) is 31.5 Å². The second-order valence-corrected chi connectivity index (χ2v) is 7.59. The molecule has 0 atom stereocenters. The number of rotatable bonds is 4. The SMILES string of the molecule is O=C(c1cnc2c(c1)ncn2Cc1ccccn1)N1CCC(N2CCOC2=O)CC1. The molecular formula is C21H22N6O3. The van der Waals surface area contributed by atoms with Crippen LogP contribution >= 0.6 is 0 Å². The molecule has 9 nitrogen and oxygen atoms in total. The lowest BCUT2D eigenvalue weighted by Gasteiger charge is -2.35. The minimum Gasteiger partial charge on any atom is -0.448 e. The molecule has 5 rings (SSSR count). The average molecular weight is 406 g/mol. The third kappa shape index (κ3) is 3.47. The molecule has 0 bridgehead atoms. The van der Waals surface area contributed by atoms with E-state index in [4.69, 9.17) is 4.74 Å². The van der Waals surface area contributed by atoms with E-state index in [0.29, 0.717) is 43.9 Å². The normalized spacial score (nSPS) is 17.5. The Labute approximate surface area is 173 Å². The van der Waals surface area contributed by atoms with Crippen LogP contribution in [0.5, 0.6) is 0 Å². The quantitative estimate of drug-likeness (QED) is 0.657. The van der Waals surface area contributed by atoms with Crippen molar-refractivity contribution in [2.45, 2.75) is 25.4 Å². The molecule has 0 aromatic carbocycles. The zero-order valence-electron chi connectivity index (χ0n) is 16.5. The van der Waals surface area contributed by atoms with Crippen molar-refractivity contribution in [1.29, 1.82) is 0 Å². The van der Waals surface area contributed by atoms with Gasteiger partial charge in [0.05, 0.1) is 30.7 Å². The maximum absolute atomic E-state index is 13.0. The second-order valence-electron chi connectivity index (χ2n) is 7.59. The minimum absolute atomic E-state index is 0.0499. The van der Waals surface area contributed by atoms with E-state index in [1.54, 1.807) is 29.7 Å². The second kappa shape index (κ2) is 7.74. The van der Waals surface area contributed by atoms with Gasteiger partial charge in [-0.15, -0.1) is 0 Å². The van der Waals surface area contributed by atoms with Gasteiger partial charge in [-0.2, -0.15) is 0 Å². The summed E-state index contributed by atoms with van der Waals surface area (Å²) in [5.74, 6) is -0.0499. The van der Waals surface area contributed by atoms with Gasteiger partial charge < -0.3 is 19.1 Å². The van der Waals surface area contributed by atoms with E-state index in [2.05, 4.69) is 15.0 Å². The first kappa shape index (κ1) is 18.5. The van der Waals surface area contributed by atoms with Gasteiger partial charge in [-0.25, -0.2) is 14.8 Å². The number of hydrogen-bond acceptors (Lipinski definition) is 6. The van der Waals surface area contributed by atoms with Crippen molar-refractivity contribution >= 4 is 23.2 Å². The highest BCUT2D eigenvalue weighted by molar-refractivity contribution is 5.96. The van der Waals surface area contributed by atoms with Crippen LogP contribution < -0.4 is 0 Å². The summed E-state index contributed by atoms with van der Waals surface area (Å²) in [6.45, 7) is 2.89. The lowest BCUT2D eigenvalue weighted by Crippen LogP contribution is -2.47. The van der Waals surface area contributed by atoms with Crippen molar-refractivity contribution in [2.75, 3.05) is 26.2 Å². The van der Waals surface area contributed by atoms with Gasteiger partial charge in [0.25, 0.3) is 5.91 Å². The molecule has 3 aromatic rings. The van der Waals surface area contributed by atoms with E-state index >= 15 is 0 Å². The van der Waals surface area contributed by atoms with Crippen LogP contribution in [0.25, 0.3) is 11.2 Å². The first-order chi connectivity index (χ1) is 14.7. The number of cyclic esters (lactones) is 1. The van der Waals surface area contributed by atoms with Crippen molar-refractivity contribution < 1.29 is 14.3 Å². The predicted octanol–water partition coefficient (Wildman–Crippen LogP) is 1.93. The van der Waals surface area contributed by atoms with Crippen molar-refractivity contribution in [3.05, 3.63) is 54.2 Å². The topological polar surface area (TPSA) is 93.5 Å². The van der Waals surface area contributed by atoms with Gasteiger partial charge in [0.1, 0.15) is 12.1 Å². The first-order valence-electron chi connectivity index (χ1n) is 10.1. The smallest absolute Gasteiger partial charge is 0.410 e. The maximum atomic E-state index is 13.0. The summed E-state index contributed by atoms with van der Waals surface area (Å²) in [6.07, 6.45) is 6.38. The molecular weight excluding hydrogens is 384 g/mol. The molecule has 154 valence electrons. The van der Waals surface area contributed by atoms with Crippen LogP contribution in [0.3, 0.4) is 0 Å². The van der Waals surface area contributed by atoms with E-state index in [1.165, 1.54) is 0 Å². The van der Waals surface area contributed by atoms with Crippen molar-refractivity contribution in [3.63, 3.8) is 0 Å². The Kier molecular flexibility index (Phi) is 4.78. The van der Waals surface area contributed by atoms with Crippen LogP contribution in [0.15, 0.2) is 43.0 Å². The molecule has 0 unspecified atom stereocenters. The number of piperidine rings is 1. The number of amides is 2. The average Bonchev–Trinajstić information content (AvgIpc) is 3.40. The van der Waals surface area contributed by atoms with Crippen LogP contribution in [0.2, 0.25) is 0 Å². The van der Waals surface area contributed by atoms with Gasteiger partial charge >= 0.3 is 6.09 Å². The van der Waals surface area contributed by atoms with E-state index in [0.717, 1.165) is 24.2 Å². The fourth-order valence-electron chi connectivity index (χ4n) is 4.15. The van der Waals surface area contributed by atoms with Crippen molar-refractivity contribution in [3.8, 4) is 0 Å². The fourth-order valence-corrected chi connectivity index (χ4v) is 4.15. The summed E-state index contributed by atoms with van der Waals surface area (Å²) in [6, 6.07) is 7.72. The van der Waals surface area contributed by atoms with Gasteiger partial charge in [-0.1, -0.05) is 6.07 Å². The minimum atomic E-state index is -0.240. The summed E-state index contributed by atoms with van der Waals surface area (Å²) in [5.41, 5.74) is 2.86. The Hall–Kier alpha value is -3.49. The summed E-state index contributed by atoms with van der Waals surface area (Å²) in [5, 5.41) is 0. The Bertz CT molecular complexity index is 1070. The molecule has 2 saturated heterocycles. The molecule has 3 aromatic heterocycles. The summed E-state index contributed by atoms with van der Waals surface area (Å²) >= 11 is 0. The van der Waals surface area contributed by atoms with E-state index in [1.807, 2.05) is 27.7 Å². The zero-order chi connectivity index (χ0) is 20.5. The highest BCUT2D eigenvalue weighted by Crippen LogP contribution is 2.22. The molecule has 2 amide bonds. The number of imidazole rings is 1. The summed E-state index contributed by atoms with van der Waals surface area (Å²) in [4.78, 5) is 41.6. The first-order valence-corrected chi connectivity index (χ1v) is 10.1. The van der Waals surface area contributed by atoms with Gasteiger partial charge in [-0.3, -0.25) is 9.78 Å². The van der Waals surface area contributed by atoms with Gasteiger partial charge in [-0.05, 0) is 31.0 Å². The van der Waals surface area contributed by atoms with Crippen molar-refractivity contribution in [1.82, 2.24) is 29.3 Å². The molecule has 2 fully saturated rings. The largest absolute Gasteiger partial charge is 0.448 e. The number of carbonyl (C=O) groups is 2. The van der Waals surface area contributed by atoms with Crippen molar-refractivity contribution in [2.24, 2.45) is 0 Å². The lowest BCUT2D eigenvalue weighted by molar-refractivity contribution is 0.0658. The van der Waals surface area contributed by atoms with E-state index in [-0.39, 0.29) is 18.0 Å². The van der Waals surface area contributed by atoms with Crippen LogP contribution in [0, 0.1) is 0 Å². The Morgan fingerprint density at radius 1 is 1.13 bits per heavy atom. The number of ether oxygens (including phenoxy) is 1. The summed E-state index contributed by atoms with van der Waals surface area (Å²) < 4.78 is 6.95. The predicted molar refractivity (Wildman–Crippen MR) is 108 cm³/mol. The molecule has 0 aliphatic carbocycles. The molecule has 9 heteroatoms. The Morgan fingerprint density at radius 2 is 2.00 bits per heavy atom. The monoisotopic (exact) mass is 406 g/mol. The highest BCUT2D eigenvalue weighted by atomic mass is 16.6. The maximum Gasteiger partial charge on any atom is 0.410 e. The van der Waals surface area contributed by atoms with Crippen LogP contribution in [-0.4, -0.2) is 73.6 Å². The van der Waals surface area contributed by atoms with E-state index in [9.17, 15) is 9.59 Å². The molecule has 0 N–H and O–H groups in total. The standard InChI is InChI=1S/C21H22N6O3/c28-20(25-7-4-17(5-8-25)27-9-10-30-21(27)29)15-11-18-19(23-12-15)26(14-24-18)13-16-3-1-2-6-22-16/h1-3,6,11-12,14,17H,4-5,7-10,13H2. The number of likely N-dealkylation sites (tertiary alicyclic amines) is 1. The number of pyridine rings is 2. The molecule has 0 spiro atoms. The molecule has 0 radical (unpaired) electrons. The molecule has 5 heterocycles. The Morgan fingerprint density at radius 3 is 2.73 bits per heavy atom. The highest BCUT2D eigenvalue weighted by Gasteiger charge is 2.33. The molecule has 0 saturated carbocycles. The fraction of sp³-hybridized carbons (Fsp3) is 0.381. The lowest BCUT2D eigenvalue weighted by atomic mass is 10.0. The van der Waals surface area contributed by atoms with Crippen LogP contribution in [-0.2, 0) is 11.3 Å². The van der Waals surface area contributed by atoms with E-state index < -0.39 is 0 Å². The van der Waals surface area contributed by atoms with Gasteiger partial charge in [0.2, 0.25) is 0 Å². The van der Waals surface area contributed by atoms with Gasteiger partial charge in [0.15, 0.2) is 5.65 Å². The zero-order valence-corrected chi connectivity index (χ0v) is 16.5. The number of carbonyl (C=O) groups excluding carboxylic acids is 2. The summed E-state index contributed by atoms with van der Waals surface area (Å²) in [7, 11) is 0. The number of hydrogen-bond donors (Lipinski definition) is 0. The number of fused-ring (bicyclic) bond motifs is 1. The number of nitrogens with zero attached hydrogens (tertiary/aromatic N) is 6. The Balaban J connectivity index is 1.27.